The van der Waals surface area contributed by atoms with Crippen molar-refractivity contribution in [1.29, 1.82) is 0 Å². The number of methoxy groups -OCH3 is 1. The van der Waals surface area contributed by atoms with Crippen molar-refractivity contribution in [1.82, 2.24) is 9.62 Å². The number of nitrogens with zero attached hydrogens (tertiary/aromatic N) is 1. The standard InChI is InChI=1S/C17H27N3O4S.ClH/c1-17(2)12-20(10-8-15(17)18)16(21)13-4-6-14(7-5-13)25(22,23)19-9-11-24-3;/h4-7,15,19H,8-12,18H2,1-3H3;1H. The van der Waals surface area contributed by atoms with Crippen LogP contribution >= 0.6 is 12.4 Å². The molecule has 0 bridgehead atoms. The molecule has 0 aromatic heterocycles. The van der Waals surface area contributed by atoms with Crippen LogP contribution in [0.25, 0.3) is 0 Å². The Labute approximate surface area is 161 Å². The zero-order chi connectivity index (χ0) is 18.7. The van der Waals surface area contributed by atoms with Crippen molar-refractivity contribution in [3.8, 4) is 0 Å². The smallest absolute Gasteiger partial charge is 0.253 e. The summed E-state index contributed by atoms with van der Waals surface area (Å²) in [6.45, 7) is 5.80. The van der Waals surface area contributed by atoms with Crippen molar-refractivity contribution in [3.05, 3.63) is 29.8 Å². The Morgan fingerprint density at radius 1 is 1.35 bits per heavy atom. The van der Waals surface area contributed by atoms with E-state index >= 15 is 0 Å². The summed E-state index contributed by atoms with van der Waals surface area (Å²) >= 11 is 0. The number of benzene rings is 1. The van der Waals surface area contributed by atoms with Crippen molar-refractivity contribution >= 4 is 28.3 Å². The van der Waals surface area contributed by atoms with Gasteiger partial charge in [0.25, 0.3) is 5.91 Å². The van der Waals surface area contributed by atoms with Gasteiger partial charge in [-0.05, 0) is 36.1 Å². The van der Waals surface area contributed by atoms with Crippen LogP contribution in [-0.4, -0.2) is 58.6 Å². The molecule has 2 rings (SSSR count). The predicted molar refractivity (Wildman–Crippen MR) is 103 cm³/mol. The Bertz CT molecular complexity index is 707. The van der Waals surface area contributed by atoms with E-state index in [0.717, 1.165) is 6.42 Å². The lowest BCUT2D eigenvalue weighted by Gasteiger charge is -2.42. The van der Waals surface area contributed by atoms with Crippen LogP contribution < -0.4 is 10.5 Å². The van der Waals surface area contributed by atoms with Crippen LogP contribution in [0.1, 0.15) is 30.6 Å². The summed E-state index contributed by atoms with van der Waals surface area (Å²) in [7, 11) is -2.09. The van der Waals surface area contributed by atoms with Crippen LogP contribution in [0, 0.1) is 5.41 Å². The van der Waals surface area contributed by atoms with Gasteiger partial charge >= 0.3 is 0 Å². The summed E-state index contributed by atoms with van der Waals surface area (Å²) in [6, 6.07) is 6.07. The van der Waals surface area contributed by atoms with Gasteiger partial charge in [-0.1, -0.05) is 13.8 Å². The number of ether oxygens (including phenoxy) is 1. The SMILES string of the molecule is COCCNS(=O)(=O)c1ccc(C(=O)N2CCC(N)C(C)(C)C2)cc1.Cl. The minimum absolute atomic E-state index is 0. The second-order valence-electron chi connectivity index (χ2n) is 7.03. The van der Waals surface area contributed by atoms with E-state index < -0.39 is 10.0 Å². The van der Waals surface area contributed by atoms with E-state index in [-0.39, 0.29) is 41.2 Å². The van der Waals surface area contributed by atoms with Crippen LogP contribution in [-0.2, 0) is 14.8 Å². The largest absolute Gasteiger partial charge is 0.383 e. The van der Waals surface area contributed by atoms with Crippen molar-refractivity contribution in [3.63, 3.8) is 0 Å². The average molecular weight is 406 g/mol. The van der Waals surface area contributed by atoms with E-state index in [1.54, 1.807) is 17.0 Å². The molecule has 0 radical (unpaired) electrons. The number of carbonyl (C=O) groups excluding carboxylic acids is 1. The summed E-state index contributed by atoms with van der Waals surface area (Å²) in [5.74, 6) is -0.101. The lowest BCUT2D eigenvalue weighted by molar-refractivity contribution is 0.0533. The van der Waals surface area contributed by atoms with Crippen molar-refractivity contribution < 1.29 is 17.9 Å². The number of hydrogen-bond acceptors (Lipinski definition) is 5. The lowest BCUT2D eigenvalue weighted by Crippen LogP contribution is -2.54. The topological polar surface area (TPSA) is 102 Å². The van der Waals surface area contributed by atoms with E-state index in [0.29, 0.717) is 25.3 Å². The molecule has 1 unspecified atom stereocenters. The number of halogens is 1. The Morgan fingerprint density at radius 3 is 2.50 bits per heavy atom. The number of likely N-dealkylation sites (tertiary alicyclic amines) is 1. The van der Waals surface area contributed by atoms with Gasteiger partial charge in [-0.15, -0.1) is 12.4 Å². The van der Waals surface area contributed by atoms with Crippen LogP contribution in [0.2, 0.25) is 0 Å². The molecule has 1 amide bonds. The van der Waals surface area contributed by atoms with Gasteiger partial charge in [0.15, 0.2) is 0 Å². The lowest BCUT2D eigenvalue weighted by atomic mass is 9.79. The number of piperidine rings is 1. The molecular weight excluding hydrogens is 378 g/mol. The summed E-state index contributed by atoms with van der Waals surface area (Å²) in [5, 5.41) is 0. The molecule has 26 heavy (non-hydrogen) atoms. The number of amides is 1. The molecular formula is C17H28ClN3O4S. The maximum Gasteiger partial charge on any atom is 0.253 e. The summed E-state index contributed by atoms with van der Waals surface area (Å²) < 4.78 is 31.5. The zero-order valence-corrected chi connectivity index (χ0v) is 17.0. The molecule has 1 atom stereocenters. The van der Waals surface area contributed by atoms with Gasteiger partial charge in [0.1, 0.15) is 0 Å². The second-order valence-corrected chi connectivity index (χ2v) is 8.79. The molecule has 1 aromatic rings. The molecule has 1 saturated heterocycles. The molecule has 9 heteroatoms. The molecule has 0 spiro atoms. The molecule has 1 heterocycles. The number of rotatable bonds is 6. The molecule has 3 N–H and O–H groups in total. The maximum absolute atomic E-state index is 12.7. The third-order valence-electron chi connectivity index (χ3n) is 4.61. The quantitative estimate of drug-likeness (QED) is 0.693. The highest BCUT2D eigenvalue weighted by Gasteiger charge is 2.35. The van der Waals surface area contributed by atoms with Gasteiger partial charge in [0.2, 0.25) is 10.0 Å². The Morgan fingerprint density at radius 2 is 1.96 bits per heavy atom. The monoisotopic (exact) mass is 405 g/mol. The van der Waals surface area contributed by atoms with E-state index in [1.165, 1.54) is 19.2 Å². The predicted octanol–water partition coefficient (Wildman–Crippen LogP) is 1.23. The Hall–Kier alpha value is -1.19. The second kappa shape index (κ2) is 9.14. The first-order chi connectivity index (χ1) is 11.7. The minimum atomic E-state index is -3.60. The van der Waals surface area contributed by atoms with Crippen molar-refractivity contribution in [2.45, 2.75) is 31.2 Å². The molecule has 0 saturated carbocycles. The maximum atomic E-state index is 12.7. The molecule has 1 fully saturated rings. The third kappa shape index (κ3) is 5.40. The highest BCUT2D eigenvalue weighted by Crippen LogP contribution is 2.28. The van der Waals surface area contributed by atoms with E-state index in [9.17, 15) is 13.2 Å². The number of carbonyl (C=O) groups is 1. The minimum Gasteiger partial charge on any atom is -0.383 e. The third-order valence-corrected chi connectivity index (χ3v) is 6.09. The first-order valence-electron chi connectivity index (χ1n) is 8.31. The van der Waals surface area contributed by atoms with Crippen LogP contribution in [0.3, 0.4) is 0 Å². The Balaban J connectivity index is 0.00000338. The highest BCUT2D eigenvalue weighted by atomic mass is 35.5. The first-order valence-corrected chi connectivity index (χ1v) is 9.79. The fraction of sp³-hybridized carbons (Fsp3) is 0.588. The van der Waals surface area contributed by atoms with Crippen molar-refractivity contribution in [2.24, 2.45) is 11.1 Å². The van der Waals surface area contributed by atoms with Gasteiger partial charge in [0.05, 0.1) is 11.5 Å². The number of nitrogens with one attached hydrogen (secondary N) is 1. The van der Waals surface area contributed by atoms with Gasteiger partial charge in [-0.3, -0.25) is 4.79 Å². The average Bonchev–Trinajstić information content (AvgIpc) is 2.57. The molecule has 0 aliphatic carbocycles. The first kappa shape index (κ1) is 22.9. The summed E-state index contributed by atoms with van der Waals surface area (Å²) in [5.41, 5.74) is 6.45. The van der Waals surface area contributed by atoms with E-state index in [1.807, 2.05) is 0 Å². The molecule has 7 nitrogen and oxygen atoms in total. The molecule has 148 valence electrons. The van der Waals surface area contributed by atoms with Gasteiger partial charge in [0, 0.05) is 38.3 Å². The summed E-state index contributed by atoms with van der Waals surface area (Å²) in [4.78, 5) is 14.6. The Kier molecular flexibility index (Phi) is 8.04. The van der Waals surface area contributed by atoms with Crippen LogP contribution in [0.4, 0.5) is 0 Å². The van der Waals surface area contributed by atoms with Crippen LogP contribution in [0.5, 0.6) is 0 Å². The summed E-state index contributed by atoms with van der Waals surface area (Å²) in [6.07, 6.45) is 0.759. The number of sulfonamides is 1. The van der Waals surface area contributed by atoms with Gasteiger partial charge < -0.3 is 15.4 Å². The van der Waals surface area contributed by atoms with Crippen LogP contribution in [0.15, 0.2) is 29.2 Å². The molecule has 1 aliphatic rings. The van der Waals surface area contributed by atoms with E-state index in [2.05, 4.69) is 18.6 Å². The number of hydrogen-bond donors (Lipinski definition) is 2. The van der Waals surface area contributed by atoms with Crippen molar-refractivity contribution in [2.75, 3.05) is 33.4 Å². The number of nitrogens with two attached hydrogens (primary N) is 1. The zero-order valence-electron chi connectivity index (χ0n) is 15.4. The van der Waals surface area contributed by atoms with Gasteiger partial charge in [-0.25, -0.2) is 13.1 Å². The van der Waals surface area contributed by atoms with E-state index in [4.69, 9.17) is 10.5 Å². The van der Waals surface area contributed by atoms with Gasteiger partial charge in [-0.2, -0.15) is 0 Å². The fourth-order valence-corrected chi connectivity index (χ4v) is 3.88. The normalized spacial score (nSPS) is 19.7. The molecule has 1 aliphatic heterocycles. The fourth-order valence-electron chi connectivity index (χ4n) is 2.87. The highest BCUT2D eigenvalue weighted by molar-refractivity contribution is 7.89. The molecule has 1 aromatic carbocycles.